The van der Waals surface area contributed by atoms with Crippen LogP contribution >= 0.6 is 0 Å². The summed E-state index contributed by atoms with van der Waals surface area (Å²) < 4.78 is 5.38. The van der Waals surface area contributed by atoms with E-state index in [1.807, 2.05) is 23.1 Å². The summed E-state index contributed by atoms with van der Waals surface area (Å²) in [5.74, 6) is 1.97. The second-order valence-corrected chi connectivity index (χ2v) is 6.53. The van der Waals surface area contributed by atoms with Crippen LogP contribution in [0, 0.1) is 0 Å². The van der Waals surface area contributed by atoms with Crippen molar-refractivity contribution in [2.45, 2.75) is 19.3 Å². The molecular formula is C20H21N5O2. The summed E-state index contributed by atoms with van der Waals surface area (Å²) in [6, 6.07) is 14.2. The number of hydrogen-bond donors (Lipinski definition) is 1. The fourth-order valence-electron chi connectivity index (χ4n) is 3.10. The number of pyridine rings is 1. The summed E-state index contributed by atoms with van der Waals surface area (Å²) in [6.07, 6.45) is 4.44. The first-order valence-corrected chi connectivity index (χ1v) is 9.12. The van der Waals surface area contributed by atoms with Crippen LogP contribution in [0.1, 0.15) is 17.8 Å². The molecule has 1 aliphatic heterocycles. The average Bonchev–Trinajstić information content (AvgIpc) is 3.18. The first kappa shape index (κ1) is 17.2. The number of rotatable bonds is 6. The van der Waals surface area contributed by atoms with Crippen molar-refractivity contribution < 1.29 is 9.32 Å². The molecule has 3 heterocycles. The zero-order valence-electron chi connectivity index (χ0n) is 15.0. The van der Waals surface area contributed by atoms with Gasteiger partial charge in [-0.25, -0.2) is 4.98 Å². The van der Waals surface area contributed by atoms with Gasteiger partial charge in [-0.2, -0.15) is 4.98 Å². The molecule has 0 saturated carbocycles. The number of aromatic nitrogens is 3. The van der Waals surface area contributed by atoms with Crippen LogP contribution in [-0.4, -0.2) is 40.7 Å². The van der Waals surface area contributed by atoms with Crippen molar-refractivity contribution in [3.05, 3.63) is 60.0 Å². The van der Waals surface area contributed by atoms with Crippen LogP contribution < -0.4 is 10.2 Å². The number of carbonyl (C=O) groups excluding carboxylic acids is 1. The van der Waals surface area contributed by atoms with Crippen molar-refractivity contribution in [1.29, 1.82) is 0 Å². The molecule has 2 aromatic heterocycles. The molecule has 1 amide bonds. The minimum Gasteiger partial charge on any atom is -0.353 e. The Labute approximate surface area is 157 Å². The highest BCUT2D eigenvalue weighted by molar-refractivity contribution is 5.82. The van der Waals surface area contributed by atoms with Crippen LogP contribution in [0.4, 0.5) is 5.82 Å². The van der Waals surface area contributed by atoms with E-state index in [1.54, 1.807) is 6.20 Å². The SMILES string of the molecule is O=C1CN(c2ccc(-c3nc(CCCc4ccccc4)no3)cn2)CCN1. The molecule has 27 heavy (non-hydrogen) atoms. The summed E-state index contributed by atoms with van der Waals surface area (Å²) >= 11 is 0. The Morgan fingerprint density at radius 3 is 2.78 bits per heavy atom. The maximum Gasteiger partial charge on any atom is 0.259 e. The molecule has 0 spiro atoms. The Balaban J connectivity index is 1.35. The van der Waals surface area contributed by atoms with Crippen LogP contribution in [0.2, 0.25) is 0 Å². The first-order chi connectivity index (χ1) is 13.3. The Bertz CT molecular complexity index is 892. The van der Waals surface area contributed by atoms with Crippen LogP contribution in [0.15, 0.2) is 53.2 Å². The molecular weight excluding hydrogens is 342 g/mol. The first-order valence-electron chi connectivity index (χ1n) is 9.12. The van der Waals surface area contributed by atoms with Crippen molar-refractivity contribution >= 4 is 11.7 Å². The molecule has 0 atom stereocenters. The maximum atomic E-state index is 11.5. The maximum absolute atomic E-state index is 11.5. The van der Waals surface area contributed by atoms with Crippen LogP contribution in [0.25, 0.3) is 11.5 Å². The number of piperazine rings is 1. The molecule has 0 aliphatic carbocycles. The lowest BCUT2D eigenvalue weighted by molar-refractivity contribution is -0.120. The largest absolute Gasteiger partial charge is 0.353 e. The molecule has 1 aliphatic rings. The molecule has 0 unspecified atom stereocenters. The molecule has 1 saturated heterocycles. The van der Waals surface area contributed by atoms with Gasteiger partial charge >= 0.3 is 0 Å². The standard InChI is InChI=1S/C20H21N5O2/c26-19-14-25(12-11-21-19)18-10-9-16(13-22-18)20-23-17(24-27-20)8-4-7-15-5-2-1-3-6-15/h1-3,5-6,9-10,13H,4,7-8,11-12,14H2,(H,21,26). The zero-order valence-corrected chi connectivity index (χ0v) is 15.0. The minimum absolute atomic E-state index is 0.0178. The van der Waals surface area contributed by atoms with E-state index in [4.69, 9.17) is 4.52 Å². The van der Waals surface area contributed by atoms with E-state index in [-0.39, 0.29) is 5.91 Å². The number of anilines is 1. The quantitative estimate of drug-likeness (QED) is 0.723. The number of carbonyl (C=O) groups is 1. The third-order valence-electron chi connectivity index (χ3n) is 4.53. The van der Waals surface area contributed by atoms with Crippen LogP contribution in [0.3, 0.4) is 0 Å². The lowest BCUT2D eigenvalue weighted by Gasteiger charge is -2.27. The summed E-state index contributed by atoms with van der Waals surface area (Å²) in [5, 5.41) is 6.88. The minimum atomic E-state index is 0.0178. The van der Waals surface area contributed by atoms with Gasteiger partial charge in [0.05, 0.1) is 12.1 Å². The number of aryl methyl sites for hydroxylation is 2. The lowest BCUT2D eigenvalue weighted by Crippen LogP contribution is -2.48. The number of amides is 1. The van der Waals surface area contributed by atoms with E-state index < -0.39 is 0 Å². The van der Waals surface area contributed by atoms with E-state index in [2.05, 4.69) is 44.7 Å². The monoisotopic (exact) mass is 363 g/mol. The van der Waals surface area contributed by atoms with Gasteiger partial charge in [0.1, 0.15) is 5.82 Å². The topological polar surface area (TPSA) is 84.2 Å². The van der Waals surface area contributed by atoms with Crippen LogP contribution in [0.5, 0.6) is 0 Å². The number of hydrogen-bond acceptors (Lipinski definition) is 6. The van der Waals surface area contributed by atoms with Crippen molar-refractivity contribution in [2.24, 2.45) is 0 Å². The molecule has 7 heteroatoms. The number of nitrogens with one attached hydrogen (secondary N) is 1. The fraction of sp³-hybridized carbons (Fsp3) is 0.300. The van der Waals surface area contributed by atoms with Gasteiger partial charge in [0.2, 0.25) is 5.91 Å². The molecule has 0 radical (unpaired) electrons. The van der Waals surface area contributed by atoms with E-state index >= 15 is 0 Å². The van der Waals surface area contributed by atoms with Gasteiger partial charge in [-0.05, 0) is 30.5 Å². The van der Waals surface area contributed by atoms with Gasteiger partial charge in [0, 0.05) is 25.7 Å². The third kappa shape index (κ3) is 4.31. The van der Waals surface area contributed by atoms with Gasteiger partial charge < -0.3 is 14.7 Å². The van der Waals surface area contributed by atoms with Gasteiger partial charge in [-0.3, -0.25) is 4.79 Å². The molecule has 7 nitrogen and oxygen atoms in total. The summed E-state index contributed by atoms with van der Waals surface area (Å²) in [7, 11) is 0. The number of benzene rings is 1. The Morgan fingerprint density at radius 1 is 1.11 bits per heavy atom. The molecule has 1 N–H and O–H groups in total. The highest BCUT2D eigenvalue weighted by atomic mass is 16.5. The summed E-state index contributed by atoms with van der Waals surface area (Å²) in [6.45, 7) is 1.72. The second-order valence-electron chi connectivity index (χ2n) is 6.53. The Morgan fingerprint density at radius 2 is 2.00 bits per heavy atom. The van der Waals surface area contributed by atoms with Crippen molar-refractivity contribution in [3.63, 3.8) is 0 Å². The van der Waals surface area contributed by atoms with Crippen molar-refractivity contribution in [3.8, 4) is 11.5 Å². The molecule has 1 aromatic carbocycles. The Kier molecular flexibility index (Phi) is 5.09. The average molecular weight is 363 g/mol. The summed E-state index contributed by atoms with van der Waals surface area (Å²) in [5.41, 5.74) is 2.09. The van der Waals surface area contributed by atoms with Gasteiger partial charge in [0.15, 0.2) is 5.82 Å². The second kappa shape index (κ2) is 7.99. The third-order valence-corrected chi connectivity index (χ3v) is 4.53. The van der Waals surface area contributed by atoms with E-state index in [0.717, 1.165) is 37.2 Å². The van der Waals surface area contributed by atoms with E-state index in [9.17, 15) is 4.79 Å². The molecule has 138 valence electrons. The number of nitrogens with zero attached hydrogens (tertiary/aromatic N) is 4. The van der Waals surface area contributed by atoms with Gasteiger partial charge in [-0.15, -0.1) is 0 Å². The summed E-state index contributed by atoms with van der Waals surface area (Å²) in [4.78, 5) is 22.4. The predicted molar refractivity (Wildman–Crippen MR) is 101 cm³/mol. The van der Waals surface area contributed by atoms with Gasteiger partial charge in [-0.1, -0.05) is 35.5 Å². The smallest absolute Gasteiger partial charge is 0.259 e. The van der Waals surface area contributed by atoms with E-state index in [1.165, 1.54) is 5.56 Å². The van der Waals surface area contributed by atoms with E-state index in [0.29, 0.717) is 24.8 Å². The Hall–Kier alpha value is -3.22. The highest BCUT2D eigenvalue weighted by Crippen LogP contribution is 2.20. The molecule has 4 rings (SSSR count). The predicted octanol–water partition coefficient (Wildman–Crippen LogP) is 2.24. The molecule has 1 fully saturated rings. The normalized spacial score (nSPS) is 14.2. The highest BCUT2D eigenvalue weighted by Gasteiger charge is 2.18. The molecule has 0 bridgehead atoms. The van der Waals surface area contributed by atoms with Crippen molar-refractivity contribution in [2.75, 3.05) is 24.5 Å². The van der Waals surface area contributed by atoms with Gasteiger partial charge in [0.25, 0.3) is 5.89 Å². The molecule has 3 aromatic rings. The zero-order chi connectivity index (χ0) is 18.5. The fourth-order valence-corrected chi connectivity index (χ4v) is 3.10. The van der Waals surface area contributed by atoms with Crippen molar-refractivity contribution in [1.82, 2.24) is 20.4 Å². The van der Waals surface area contributed by atoms with Crippen LogP contribution in [-0.2, 0) is 17.6 Å². The lowest BCUT2D eigenvalue weighted by atomic mass is 10.1.